The van der Waals surface area contributed by atoms with Crippen LogP contribution in [0, 0.1) is 0 Å². The van der Waals surface area contributed by atoms with Gasteiger partial charge in [-0.1, -0.05) is 0 Å². The number of rotatable bonds is 4. The predicted octanol–water partition coefficient (Wildman–Crippen LogP) is -0.363. The topological polar surface area (TPSA) is 179 Å². The van der Waals surface area contributed by atoms with Crippen molar-refractivity contribution in [2.45, 2.75) is 51.4 Å². The molecule has 1 saturated carbocycles. The minimum absolute atomic E-state index is 0.0359. The van der Waals surface area contributed by atoms with Gasteiger partial charge in [-0.2, -0.15) is 9.61 Å². The Morgan fingerprint density at radius 1 is 1.32 bits per heavy atom. The van der Waals surface area contributed by atoms with Crippen molar-refractivity contribution in [2.24, 2.45) is 4.99 Å². The summed E-state index contributed by atoms with van der Waals surface area (Å²) >= 11 is 0. The van der Waals surface area contributed by atoms with E-state index in [4.69, 9.17) is 9.47 Å². The van der Waals surface area contributed by atoms with E-state index in [0.717, 1.165) is 12.8 Å². The number of aromatic nitrogens is 5. The molecule has 1 saturated heterocycles. The van der Waals surface area contributed by atoms with Crippen molar-refractivity contribution in [1.82, 2.24) is 29.5 Å². The van der Waals surface area contributed by atoms with E-state index in [2.05, 4.69) is 30.4 Å². The van der Waals surface area contributed by atoms with Crippen LogP contribution in [0.2, 0.25) is 0 Å². The highest BCUT2D eigenvalue weighted by atomic mass is 16.6. The summed E-state index contributed by atoms with van der Waals surface area (Å²) in [5, 5.41) is 17.5. The Morgan fingerprint density at radius 3 is 2.78 bits per heavy atom. The summed E-state index contributed by atoms with van der Waals surface area (Å²) < 4.78 is 12.6. The fourth-order valence-corrected chi connectivity index (χ4v) is 3.77. The lowest BCUT2D eigenvalue weighted by Gasteiger charge is -2.33. The van der Waals surface area contributed by atoms with Gasteiger partial charge in [0.2, 0.25) is 5.88 Å². The molecule has 196 valence electrons. The van der Waals surface area contributed by atoms with Crippen LogP contribution < -0.4 is 21.7 Å². The van der Waals surface area contributed by atoms with Crippen molar-refractivity contribution in [3.63, 3.8) is 0 Å². The van der Waals surface area contributed by atoms with E-state index >= 15 is 0 Å². The number of hydrogen-bond donors (Lipinski definition) is 4. The first-order valence-corrected chi connectivity index (χ1v) is 11.9. The molecule has 0 bridgehead atoms. The zero-order chi connectivity index (χ0) is 26.3. The molecule has 0 radical (unpaired) electrons. The number of nitrogens with zero attached hydrogens (tertiary/aromatic N) is 5. The van der Waals surface area contributed by atoms with Gasteiger partial charge in [0, 0.05) is 17.8 Å². The Bertz CT molecular complexity index is 1530. The van der Waals surface area contributed by atoms with Crippen LogP contribution in [0.15, 0.2) is 22.1 Å². The van der Waals surface area contributed by atoms with Crippen molar-refractivity contribution in [1.29, 1.82) is 0 Å². The second-order valence-corrected chi connectivity index (χ2v) is 9.96. The number of nitrogens with one attached hydrogen (secondary N) is 3. The summed E-state index contributed by atoms with van der Waals surface area (Å²) in [5.41, 5.74) is -0.195. The van der Waals surface area contributed by atoms with Crippen LogP contribution in [0.3, 0.4) is 0 Å². The number of fused-ring (bicyclic) bond motifs is 1. The highest BCUT2D eigenvalue weighted by Crippen LogP contribution is 2.22. The summed E-state index contributed by atoms with van der Waals surface area (Å²) in [4.78, 5) is 52.4. The lowest BCUT2D eigenvalue weighted by atomic mass is 10.2. The third kappa shape index (κ3) is 5.63. The number of morpholine rings is 1. The van der Waals surface area contributed by atoms with Crippen molar-refractivity contribution in [3.05, 3.63) is 39.1 Å². The molecule has 2 amide bonds. The average Bonchev–Trinajstić information content (AvgIpc) is 3.46. The van der Waals surface area contributed by atoms with Crippen molar-refractivity contribution >= 4 is 29.5 Å². The van der Waals surface area contributed by atoms with Crippen LogP contribution >= 0.6 is 0 Å². The van der Waals surface area contributed by atoms with Crippen LogP contribution in [0.1, 0.15) is 39.3 Å². The number of anilines is 1. The number of aromatic amines is 2. The van der Waals surface area contributed by atoms with Crippen LogP contribution in [-0.2, 0) is 14.3 Å². The Kier molecular flexibility index (Phi) is 6.19. The van der Waals surface area contributed by atoms with Gasteiger partial charge in [-0.25, -0.2) is 14.6 Å². The van der Waals surface area contributed by atoms with Gasteiger partial charge in [0.05, 0.1) is 25.4 Å². The van der Waals surface area contributed by atoms with E-state index in [0.29, 0.717) is 22.9 Å². The molecule has 2 aliphatic rings. The molecule has 3 aromatic rings. The molecule has 2 fully saturated rings. The van der Waals surface area contributed by atoms with Crippen LogP contribution in [0.25, 0.3) is 11.7 Å². The number of hydrogen-bond acceptors (Lipinski definition) is 9. The molecule has 37 heavy (non-hydrogen) atoms. The molecule has 3 aromatic heterocycles. The first kappa shape index (κ1) is 24.5. The molecule has 1 aliphatic heterocycles. The fourth-order valence-electron chi connectivity index (χ4n) is 3.77. The maximum atomic E-state index is 13.1. The van der Waals surface area contributed by atoms with Crippen LogP contribution in [0.4, 0.5) is 10.6 Å². The summed E-state index contributed by atoms with van der Waals surface area (Å²) in [5.74, 6) is -0.572. The Labute approximate surface area is 210 Å². The normalized spacial score (nSPS) is 19.4. The molecule has 14 nitrogen and oxygen atoms in total. The van der Waals surface area contributed by atoms with Gasteiger partial charge in [0.25, 0.3) is 5.91 Å². The van der Waals surface area contributed by atoms with Gasteiger partial charge < -0.3 is 29.8 Å². The molecule has 1 atom stereocenters. The average molecular weight is 513 g/mol. The van der Waals surface area contributed by atoms with E-state index in [1.165, 1.54) is 21.7 Å². The van der Waals surface area contributed by atoms with E-state index in [1.54, 1.807) is 26.8 Å². The molecular formula is C23H28N8O6. The molecule has 4 heterocycles. The number of carbonyl (C=O) groups is 2. The minimum atomic E-state index is -0.916. The standard InChI is InChI=1S/C23H28N8O6/c1-23(2,3)37-22(35)30-6-7-36-15(11-30)20(33)28-16-9-17(25-13-4-5-13)31-18(27-16)12(10-24-31)8-14-19(32)29-21(34)26-14/h8-10,13,15,32H,4-7,11H2,1-3H3,(H,28,33)(H2,26,29,34). The smallest absolute Gasteiger partial charge is 0.410 e. The summed E-state index contributed by atoms with van der Waals surface area (Å²) in [6, 6.07) is 1.78. The second kappa shape index (κ2) is 9.35. The number of carbonyl (C=O) groups excluding carboxylic acids is 2. The molecule has 0 spiro atoms. The molecule has 1 unspecified atom stereocenters. The van der Waals surface area contributed by atoms with Gasteiger partial charge in [-0.15, -0.1) is 0 Å². The SMILES string of the molecule is CC(C)(C)OC(=O)N1CCOC(C(=O)Nc2cc(=NC3CC3)n3ncc(=Cc4[nH]c(=O)[nH]c4O)c3n2)C1. The maximum Gasteiger partial charge on any atom is 0.410 e. The minimum Gasteiger partial charge on any atom is -0.493 e. The third-order valence-corrected chi connectivity index (χ3v) is 5.64. The van der Waals surface area contributed by atoms with Crippen molar-refractivity contribution in [2.75, 3.05) is 25.0 Å². The molecule has 1 aliphatic carbocycles. The molecule has 0 aromatic carbocycles. The highest BCUT2D eigenvalue weighted by Gasteiger charge is 2.32. The highest BCUT2D eigenvalue weighted by molar-refractivity contribution is 5.94. The fraction of sp³-hybridized carbons (Fsp3) is 0.478. The Hall–Kier alpha value is -4.20. The van der Waals surface area contributed by atoms with Gasteiger partial charge in [0.1, 0.15) is 17.1 Å². The van der Waals surface area contributed by atoms with E-state index in [-0.39, 0.29) is 36.6 Å². The Morgan fingerprint density at radius 2 is 2.11 bits per heavy atom. The first-order valence-electron chi connectivity index (χ1n) is 11.9. The zero-order valence-corrected chi connectivity index (χ0v) is 20.6. The van der Waals surface area contributed by atoms with Gasteiger partial charge in [0.15, 0.2) is 17.2 Å². The second-order valence-electron chi connectivity index (χ2n) is 9.96. The molecular weight excluding hydrogens is 484 g/mol. The van der Waals surface area contributed by atoms with E-state index in [1.807, 2.05) is 0 Å². The van der Waals surface area contributed by atoms with E-state index in [9.17, 15) is 19.5 Å². The quantitative estimate of drug-likeness (QED) is 0.366. The first-order chi connectivity index (χ1) is 17.6. The Balaban J connectivity index is 1.43. The maximum absolute atomic E-state index is 13.1. The number of aromatic hydroxyl groups is 1. The summed E-state index contributed by atoms with van der Waals surface area (Å²) in [6.07, 6.45) is 3.53. The van der Waals surface area contributed by atoms with Crippen LogP contribution in [0.5, 0.6) is 5.88 Å². The van der Waals surface area contributed by atoms with Crippen molar-refractivity contribution in [3.8, 4) is 5.88 Å². The van der Waals surface area contributed by atoms with Gasteiger partial charge in [-0.3, -0.25) is 14.8 Å². The van der Waals surface area contributed by atoms with Crippen LogP contribution in [-0.4, -0.2) is 84.0 Å². The summed E-state index contributed by atoms with van der Waals surface area (Å²) in [7, 11) is 0. The number of amides is 2. The molecule has 4 N–H and O–H groups in total. The van der Waals surface area contributed by atoms with Gasteiger partial charge >= 0.3 is 11.8 Å². The lowest BCUT2D eigenvalue weighted by molar-refractivity contribution is -0.132. The monoisotopic (exact) mass is 512 g/mol. The number of H-pyrrole nitrogens is 2. The van der Waals surface area contributed by atoms with E-state index < -0.39 is 29.4 Å². The number of imidazole rings is 1. The lowest BCUT2D eigenvalue weighted by Crippen LogP contribution is -2.51. The van der Waals surface area contributed by atoms with Crippen molar-refractivity contribution < 1.29 is 24.2 Å². The molecule has 14 heteroatoms. The largest absolute Gasteiger partial charge is 0.493 e. The number of ether oxygens (including phenoxy) is 2. The summed E-state index contributed by atoms with van der Waals surface area (Å²) in [6.45, 7) is 5.87. The zero-order valence-electron chi connectivity index (χ0n) is 20.6. The molecule has 5 rings (SSSR count). The predicted molar refractivity (Wildman–Crippen MR) is 130 cm³/mol. The van der Waals surface area contributed by atoms with Gasteiger partial charge in [-0.05, 0) is 39.7 Å². The third-order valence-electron chi connectivity index (χ3n) is 5.64.